The van der Waals surface area contributed by atoms with Crippen molar-refractivity contribution in [1.29, 1.82) is 0 Å². The molecule has 0 aromatic heterocycles. The third-order valence-corrected chi connectivity index (χ3v) is 5.01. The Kier molecular flexibility index (Phi) is 7.17. The Balaban J connectivity index is 1.95. The van der Waals surface area contributed by atoms with E-state index in [0.29, 0.717) is 18.7 Å². The van der Waals surface area contributed by atoms with Crippen LogP contribution in [0.5, 0.6) is 0 Å². The predicted octanol–water partition coefficient (Wildman–Crippen LogP) is 3.34. The molecule has 1 aliphatic heterocycles. The van der Waals surface area contributed by atoms with E-state index in [1.807, 2.05) is 7.05 Å². The average Bonchev–Trinajstić information content (AvgIpc) is 2.73. The van der Waals surface area contributed by atoms with E-state index in [-0.39, 0.29) is 0 Å². The van der Waals surface area contributed by atoms with E-state index in [1.54, 1.807) is 0 Å². The second-order valence-corrected chi connectivity index (χ2v) is 6.82. The fourth-order valence-corrected chi connectivity index (χ4v) is 3.65. The standard InChI is InChI=1S/C17H27BrN2O/c1-19-17(14-6-5-7-15(18)12-14)9-11-20-10-4-2-3-8-16(20)13-21/h5-7,12,16-17,19,21H,2-4,8-11,13H2,1H3. The molecular weight excluding hydrogens is 328 g/mol. The molecule has 118 valence electrons. The molecule has 0 amide bonds. The molecule has 2 atom stereocenters. The summed E-state index contributed by atoms with van der Waals surface area (Å²) >= 11 is 3.55. The Morgan fingerprint density at radius 2 is 2.24 bits per heavy atom. The number of nitrogens with one attached hydrogen (secondary N) is 1. The fourth-order valence-electron chi connectivity index (χ4n) is 3.23. The first-order valence-electron chi connectivity index (χ1n) is 8.02. The summed E-state index contributed by atoms with van der Waals surface area (Å²) in [5.41, 5.74) is 1.32. The minimum absolute atomic E-state index is 0.293. The number of aliphatic hydroxyl groups excluding tert-OH is 1. The number of likely N-dealkylation sites (tertiary alicyclic amines) is 1. The highest BCUT2D eigenvalue weighted by atomic mass is 79.9. The van der Waals surface area contributed by atoms with Crippen LogP contribution in [-0.4, -0.2) is 42.8 Å². The summed E-state index contributed by atoms with van der Waals surface area (Å²) in [6.45, 7) is 2.46. The van der Waals surface area contributed by atoms with E-state index >= 15 is 0 Å². The second-order valence-electron chi connectivity index (χ2n) is 5.91. The van der Waals surface area contributed by atoms with Gasteiger partial charge in [-0.1, -0.05) is 40.9 Å². The van der Waals surface area contributed by atoms with E-state index in [9.17, 15) is 5.11 Å². The third-order valence-electron chi connectivity index (χ3n) is 4.51. The third kappa shape index (κ3) is 5.06. The number of rotatable bonds is 6. The number of hydrogen-bond donors (Lipinski definition) is 2. The molecule has 1 fully saturated rings. The minimum Gasteiger partial charge on any atom is -0.395 e. The van der Waals surface area contributed by atoms with Gasteiger partial charge in [0.25, 0.3) is 0 Å². The van der Waals surface area contributed by atoms with Crippen LogP contribution in [0.4, 0.5) is 0 Å². The zero-order valence-electron chi connectivity index (χ0n) is 12.9. The number of benzene rings is 1. The Morgan fingerprint density at radius 3 is 2.95 bits per heavy atom. The molecule has 1 aliphatic rings. The smallest absolute Gasteiger partial charge is 0.0586 e. The van der Waals surface area contributed by atoms with E-state index in [2.05, 4.69) is 50.4 Å². The van der Waals surface area contributed by atoms with Crippen LogP contribution in [0.2, 0.25) is 0 Å². The van der Waals surface area contributed by atoms with E-state index in [1.165, 1.54) is 24.8 Å². The normalized spacial score (nSPS) is 22.0. The predicted molar refractivity (Wildman–Crippen MR) is 91.5 cm³/mol. The van der Waals surface area contributed by atoms with Crippen molar-refractivity contribution in [2.24, 2.45) is 0 Å². The van der Waals surface area contributed by atoms with Crippen molar-refractivity contribution in [3.8, 4) is 0 Å². The maximum atomic E-state index is 9.60. The molecule has 2 rings (SSSR count). The highest BCUT2D eigenvalue weighted by Crippen LogP contribution is 2.23. The summed E-state index contributed by atoms with van der Waals surface area (Å²) in [6, 6.07) is 9.24. The molecule has 0 spiro atoms. The average molecular weight is 355 g/mol. The molecule has 1 aromatic rings. The van der Waals surface area contributed by atoms with Gasteiger partial charge in [0.15, 0.2) is 0 Å². The molecule has 4 heteroatoms. The SMILES string of the molecule is CNC(CCN1CCCCCC1CO)c1cccc(Br)c1. The number of nitrogens with zero attached hydrogens (tertiary/aromatic N) is 1. The first-order chi connectivity index (χ1) is 10.2. The Bertz CT molecular complexity index is 427. The molecule has 1 saturated heterocycles. The molecule has 0 bridgehead atoms. The molecule has 0 radical (unpaired) electrons. The zero-order valence-corrected chi connectivity index (χ0v) is 14.5. The first kappa shape index (κ1) is 16.9. The molecule has 1 heterocycles. The zero-order chi connectivity index (χ0) is 15.1. The topological polar surface area (TPSA) is 35.5 Å². The van der Waals surface area contributed by atoms with Gasteiger partial charge in [-0.05, 0) is 50.6 Å². The van der Waals surface area contributed by atoms with Crippen molar-refractivity contribution in [2.75, 3.05) is 26.7 Å². The van der Waals surface area contributed by atoms with E-state index < -0.39 is 0 Å². The molecule has 21 heavy (non-hydrogen) atoms. The van der Waals surface area contributed by atoms with Gasteiger partial charge >= 0.3 is 0 Å². The van der Waals surface area contributed by atoms with Crippen LogP contribution in [0.3, 0.4) is 0 Å². The van der Waals surface area contributed by atoms with Crippen molar-refractivity contribution >= 4 is 15.9 Å². The molecule has 0 aliphatic carbocycles. The summed E-state index contributed by atoms with van der Waals surface area (Å²) in [4.78, 5) is 2.48. The molecular formula is C17H27BrN2O. The molecule has 2 unspecified atom stereocenters. The monoisotopic (exact) mass is 354 g/mol. The van der Waals surface area contributed by atoms with Crippen molar-refractivity contribution in [2.45, 2.75) is 44.2 Å². The van der Waals surface area contributed by atoms with Crippen molar-refractivity contribution in [3.63, 3.8) is 0 Å². The molecule has 3 nitrogen and oxygen atoms in total. The van der Waals surface area contributed by atoms with Crippen LogP contribution < -0.4 is 5.32 Å². The van der Waals surface area contributed by atoms with Gasteiger partial charge in [-0.2, -0.15) is 0 Å². The first-order valence-corrected chi connectivity index (χ1v) is 8.81. The summed E-state index contributed by atoms with van der Waals surface area (Å²) in [6.07, 6.45) is 6.02. The van der Waals surface area contributed by atoms with Crippen molar-refractivity contribution in [3.05, 3.63) is 34.3 Å². The maximum Gasteiger partial charge on any atom is 0.0586 e. The lowest BCUT2D eigenvalue weighted by Crippen LogP contribution is -2.39. The number of aliphatic hydroxyl groups is 1. The lowest BCUT2D eigenvalue weighted by atomic mass is 10.0. The maximum absolute atomic E-state index is 9.60. The van der Waals surface area contributed by atoms with Crippen molar-refractivity contribution < 1.29 is 5.11 Å². The highest BCUT2D eigenvalue weighted by Gasteiger charge is 2.21. The van der Waals surface area contributed by atoms with Crippen LogP contribution in [0.1, 0.15) is 43.7 Å². The van der Waals surface area contributed by atoms with Gasteiger partial charge in [-0.15, -0.1) is 0 Å². The van der Waals surface area contributed by atoms with E-state index in [0.717, 1.165) is 30.4 Å². The molecule has 2 N–H and O–H groups in total. The van der Waals surface area contributed by atoms with Gasteiger partial charge < -0.3 is 10.4 Å². The van der Waals surface area contributed by atoms with Gasteiger partial charge in [0, 0.05) is 23.1 Å². The van der Waals surface area contributed by atoms with Crippen LogP contribution in [0.15, 0.2) is 28.7 Å². The summed E-state index contributed by atoms with van der Waals surface area (Å²) in [5, 5.41) is 13.0. The quantitative estimate of drug-likeness (QED) is 0.822. The Labute approximate surface area is 136 Å². The number of halogens is 1. The van der Waals surface area contributed by atoms with Gasteiger partial charge in [0.05, 0.1) is 6.61 Å². The van der Waals surface area contributed by atoms with Crippen molar-refractivity contribution in [1.82, 2.24) is 10.2 Å². The van der Waals surface area contributed by atoms with Gasteiger partial charge in [0.2, 0.25) is 0 Å². The van der Waals surface area contributed by atoms with Gasteiger partial charge in [0.1, 0.15) is 0 Å². The van der Waals surface area contributed by atoms with Gasteiger partial charge in [-0.25, -0.2) is 0 Å². The van der Waals surface area contributed by atoms with Crippen LogP contribution in [-0.2, 0) is 0 Å². The highest BCUT2D eigenvalue weighted by molar-refractivity contribution is 9.10. The Hall–Kier alpha value is -0.420. The van der Waals surface area contributed by atoms with E-state index in [4.69, 9.17) is 0 Å². The molecule has 1 aromatic carbocycles. The fraction of sp³-hybridized carbons (Fsp3) is 0.647. The Morgan fingerprint density at radius 1 is 1.38 bits per heavy atom. The minimum atomic E-state index is 0.293. The lowest BCUT2D eigenvalue weighted by molar-refractivity contribution is 0.120. The van der Waals surface area contributed by atoms with Crippen LogP contribution in [0, 0.1) is 0 Å². The van der Waals surface area contributed by atoms with Crippen LogP contribution >= 0.6 is 15.9 Å². The number of hydrogen-bond acceptors (Lipinski definition) is 3. The summed E-state index contributed by atoms with van der Waals surface area (Å²) in [5.74, 6) is 0. The largest absolute Gasteiger partial charge is 0.395 e. The second kappa shape index (κ2) is 8.89. The van der Waals surface area contributed by atoms with Crippen LogP contribution in [0.25, 0.3) is 0 Å². The summed E-state index contributed by atoms with van der Waals surface area (Å²) < 4.78 is 1.13. The van der Waals surface area contributed by atoms with Gasteiger partial charge in [-0.3, -0.25) is 4.90 Å². The summed E-state index contributed by atoms with van der Waals surface area (Å²) in [7, 11) is 2.03. The lowest BCUT2D eigenvalue weighted by Gasteiger charge is -2.30. The molecule has 0 saturated carbocycles.